The molecule has 2 fully saturated rings. The number of rotatable bonds is 12. The Morgan fingerprint density at radius 2 is 1.57 bits per heavy atom. The number of hydrogen-bond acceptors (Lipinski definition) is 12. The number of fused-ring (bicyclic) bond motifs is 2. The second-order valence-electron chi connectivity index (χ2n) is 14.4. The van der Waals surface area contributed by atoms with Crippen LogP contribution in [0.5, 0.6) is 5.06 Å². The molecule has 2 amide bonds. The van der Waals surface area contributed by atoms with Gasteiger partial charge in [0.1, 0.15) is 40.6 Å². The number of nitrogens with one attached hydrogen (secondary N) is 1. The van der Waals surface area contributed by atoms with Crippen molar-refractivity contribution >= 4 is 51.8 Å². The van der Waals surface area contributed by atoms with Gasteiger partial charge in [0.05, 0.1) is 30.3 Å². The second-order valence-corrected chi connectivity index (χ2v) is 16.3. The van der Waals surface area contributed by atoms with E-state index in [1.807, 2.05) is 47.8 Å². The largest absolute Gasteiger partial charge is 0.484 e. The maximum absolute atomic E-state index is 13.5. The Morgan fingerprint density at radius 3 is 2.26 bits per heavy atom. The summed E-state index contributed by atoms with van der Waals surface area (Å²) in [6.07, 6.45) is 6.65. The lowest BCUT2D eigenvalue weighted by molar-refractivity contribution is 0.0991. The third kappa shape index (κ3) is 5.76. The topological polar surface area (TPSA) is 149 Å². The summed E-state index contributed by atoms with van der Waals surface area (Å²) >= 11 is 2.86. The third-order valence-electron chi connectivity index (χ3n) is 10.2. The third-order valence-corrected chi connectivity index (χ3v) is 12.2. The molecule has 2 atom stereocenters. The van der Waals surface area contributed by atoms with Crippen molar-refractivity contribution in [1.29, 1.82) is 0 Å². The van der Waals surface area contributed by atoms with Gasteiger partial charge in [-0.05, 0) is 61.1 Å². The highest BCUT2D eigenvalue weighted by Crippen LogP contribution is 2.46. The summed E-state index contributed by atoms with van der Waals surface area (Å²) in [6, 6.07) is 13.9. The minimum atomic E-state index is -0.0733. The molecule has 0 radical (unpaired) electrons. The fraction of sp³-hybridized carbons (Fsp3) is 0.351. The zero-order valence-electron chi connectivity index (χ0n) is 29.0. The van der Waals surface area contributed by atoms with Gasteiger partial charge in [-0.3, -0.25) is 19.4 Å². The van der Waals surface area contributed by atoms with E-state index >= 15 is 0 Å². The summed E-state index contributed by atoms with van der Waals surface area (Å²) in [4.78, 5) is 41.5. The van der Waals surface area contributed by atoms with Crippen LogP contribution >= 0.6 is 22.7 Å². The second kappa shape index (κ2) is 12.6. The molecule has 2 aliphatic carbocycles. The highest BCUT2D eigenvalue weighted by Gasteiger charge is 2.42. The van der Waals surface area contributed by atoms with Gasteiger partial charge < -0.3 is 19.2 Å². The number of nitrogens with zero attached hydrogens (tertiary/aromatic N) is 10. The van der Waals surface area contributed by atoms with Crippen molar-refractivity contribution in [2.45, 2.75) is 58.3 Å². The number of anilines is 3. The highest BCUT2D eigenvalue weighted by atomic mass is 32.1. The molecule has 0 aromatic carbocycles. The van der Waals surface area contributed by atoms with Crippen LogP contribution in [0.1, 0.15) is 75.7 Å². The first-order valence-electron chi connectivity index (χ1n) is 17.9. The van der Waals surface area contributed by atoms with E-state index in [1.165, 1.54) is 22.7 Å². The van der Waals surface area contributed by atoms with E-state index in [-0.39, 0.29) is 23.8 Å². The van der Waals surface area contributed by atoms with E-state index in [0.717, 1.165) is 58.4 Å². The Kier molecular flexibility index (Phi) is 7.64. The number of amides is 2. The molecule has 0 saturated heterocycles. The van der Waals surface area contributed by atoms with Crippen LogP contribution in [0.3, 0.4) is 0 Å². The van der Waals surface area contributed by atoms with E-state index < -0.39 is 0 Å². The van der Waals surface area contributed by atoms with Gasteiger partial charge in [0.15, 0.2) is 16.7 Å². The first-order valence-corrected chi connectivity index (χ1v) is 19.6. The predicted octanol–water partition coefficient (Wildman–Crippen LogP) is 6.48. The van der Waals surface area contributed by atoms with Gasteiger partial charge in [-0.25, -0.2) is 9.97 Å². The molecule has 4 aliphatic rings. The zero-order chi connectivity index (χ0) is 35.8. The Hall–Kier alpha value is -5.48. The monoisotopic (exact) mass is 745 g/mol. The molecule has 14 nitrogen and oxygen atoms in total. The van der Waals surface area contributed by atoms with Crippen molar-refractivity contribution in [3.63, 3.8) is 0 Å². The molecule has 6 aromatic heterocycles. The number of aromatic nitrogens is 8. The van der Waals surface area contributed by atoms with Crippen molar-refractivity contribution in [3.05, 3.63) is 81.4 Å². The highest BCUT2D eigenvalue weighted by molar-refractivity contribution is 7.16. The Balaban J connectivity index is 0.781. The van der Waals surface area contributed by atoms with Crippen LogP contribution in [0.4, 0.5) is 17.3 Å². The molecule has 1 N–H and O–H groups in total. The lowest BCUT2D eigenvalue weighted by atomic mass is 10.2. The molecular weight excluding hydrogens is 711 g/mol. The molecular formula is C37H35N11O3S2. The van der Waals surface area contributed by atoms with Crippen LogP contribution < -0.4 is 19.9 Å². The van der Waals surface area contributed by atoms with Crippen LogP contribution in [0.15, 0.2) is 60.5 Å². The number of thiophene rings is 2. The van der Waals surface area contributed by atoms with Gasteiger partial charge >= 0.3 is 0 Å². The summed E-state index contributed by atoms with van der Waals surface area (Å²) in [6.45, 7) is 6.61. The molecule has 2 unspecified atom stereocenters. The van der Waals surface area contributed by atoms with Gasteiger partial charge in [-0.1, -0.05) is 37.3 Å². The fourth-order valence-electron chi connectivity index (χ4n) is 7.09. The summed E-state index contributed by atoms with van der Waals surface area (Å²) in [7, 11) is 0. The zero-order valence-corrected chi connectivity index (χ0v) is 30.7. The Morgan fingerprint density at radius 1 is 0.887 bits per heavy atom. The minimum Gasteiger partial charge on any atom is -0.484 e. The molecule has 0 bridgehead atoms. The molecule has 0 spiro atoms. The number of ether oxygens (including phenoxy) is 1. The van der Waals surface area contributed by atoms with Gasteiger partial charge in [-0.15, -0.1) is 31.7 Å². The maximum Gasteiger partial charge on any atom is 0.270 e. The molecule has 53 heavy (non-hydrogen) atoms. The number of hydrogen-bond donors (Lipinski definition) is 1. The Labute approximate surface area is 312 Å². The normalized spacial score (nSPS) is 19.0. The molecule has 10 rings (SSSR count). The first-order chi connectivity index (χ1) is 25.9. The van der Waals surface area contributed by atoms with Crippen LogP contribution in [0, 0.1) is 11.8 Å². The fourth-order valence-corrected chi connectivity index (χ4v) is 9.06. The van der Waals surface area contributed by atoms with Crippen molar-refractivity contribution in [1.82, 2.24) is 39.5 Å². The summed E-state index contributed by atoms with van der Waals surface area (Å²) in [5, 5.41) is 23.3. The summed E-state index contributed by atoms with van der Waals surface area (Å²) in [5.74, 6) is 3.24. The van der Waals surface area contributed by atoms with Crippen LogP contribution in [-0.2, 0) is 13.1 Å². The molecule has 6 aromatic rings. The van der Waals surface area contributed by atoms with Crippen molar-refractivity contribution in [2.75, 3.05) is 28.3 Å². The standard InChI is InChI=1S/C37H35N11O3S2/c1-20(2)13-38-27-17-52-33-24(27)15-46(37(33)50)30-8-4-6-26(42-30)35-44-40-19-48(35)28-11-22(28)16-51-31-12-21-14-45(36(49)32(21)53-31)29-7-3-5-25(41-29)34-43-39-18-47(34)23-9-10-23/h3-8,12,17-20,22-23,28,38H,9-11,13-16H2,1-2H3. The van der Waals surface area contributed by atoms with E-state index in [2.05, 4.69) is 48.7 Å². The molecule has 8 heterocycles. The first kappa shape index (κ1) is 32.2. The van der Waals surface area contributed by atoms with Crippen LogP contribution in [-0.4, -0.2) is 64.5 Å². The van der Waals surface area contributed by atoms with E-state index in [4.69, 9.17) is 14.7 Å². The van der Waals surface area contributed by atoms with Crippen molar-refractivity contribution < 1.29 is 14.3 Å². The average Bonchev–Trinajstić information content (AvgIpc) is 3.68. The van der Waals surface area contributed by atoms with Crippen LogP contribution in [0.25, 0.3) is 23.0 Å². The molecule has 2 saturated carbocycles. The predicted molar refractivity (Wildman–Crippen MR) is 200 cm³/mol. The molecule has 268 valence electrons. The average molecular weight is 746 g/mol. The van der Waals surface area contributed by atoms with E-state index in [9.17, 15) is 9.59 Å². The quantitative estimate of drug-likeness (QED) is 0.148. The number of carbonyl (C=O) groups excluding carboxylic acids is 2. The Bertz CT molecular complexity index is 2390. The smallest absolute Gasteiger partial charge is 0.270 e. The minimum absolute atomic E-state index is 0.0292. The van der Waals surface area contributed by atoms with Crippen LogP contribution in [0.2, 0.25) is 0 Å². The SMILES string of the molecule is CC(C)CNc1csc2c1CN(c1cccc(-c3nncn3C3CC3COc3cc4c(s3)C(=O)N(c3cccc(-c5nncn5C5CC5)n3)C4)n1)C2=O. The van der Waals surface area contributed by atoms with E-state index in [0.29, 0.717) is 65.4 Å². The summed E-state index contributed by atoms with van der Waals surface area (Å²) < 4.78 is 10.4. The van der Waals surface area contributed by atoms with E-state index in [1.54, 1.807) is 22.5 Å². The number of pyridine rings is 2. The lowest BCUT2D eigenvalue weighted by Crippen LogP contribution is -2.24. The number of carbonyl (C=O) groups is 2. The molecule has 16 heteroatoms. The lowest BCUT2D eigenvalue weighted by Gasteiger charge is -2.16. The van der Waals surface area contributed by atoms with Crippen molar-refractivity contribution in [3.8, 4) is 28.1 Å². The maximum atomic E-state index is 13.5. The van der Waals surface area contributed by atoms with Gasteiger partial charge in [-0.2, -0.15) is 0 Å². The van der Waals surface area contributed by atoms with Gasteiger partial charge in [0.25, 0.3) is 11.8 Å². The van der Waals surface area contributed by atoms with Gasteiger partial charge in [0.2, 0.25) is 0 Å². The summed E-state index contributed by atoms with van der Waals surface area (Å²) in [5.41, 5.74) is 4.37. The molecule has 2 aliphatic heterocycles. The van der Waals surface area contributed by atoms with Gasteiger partial charge in [0, 0.05) is 35.5 Å². The van der Waals surface area contributed by atoms with Crippen molar-refractivity contribution in [2.24, 2.45) is 11.8 Å².